The number of amides is 1. The number of aryl methyl sites for hydroxylation is 1. The third kappa shape index (κ3) is 4.99. The van der Waals surface area contributed by atoms with Crippen molar-refractivity contribution in [3.05, 3.63) is 65.9 Å². The molecule has 7 nitrogen and oxygen atoms in total. The monoisotopic (exact) mass is 458 g/mol. The highest BCUT2D eigenvalue weighted by Gasteiger charge is 2.34. The van der Waals surface area contributed by atoms with Crippen LogP contribution in [0.1, 0.15) is 41.3 Å². The standard InChI is InChI=1S/C23H25F3N6O/c1-15-5-7-19(32-14-27-13-30-32)18(10-15)22(33)31-9-3-4-16(2)20(31)12-29-21-8-6-17(11-28-21)23(24,25)26/h5-8,10-11,13-14,16,20H,3-4,9,12H2,1-2H3,(H,28,29)/t16-,20-/m0/s1. The first-order valence-corrected chi connectivity index (χ1v) is 10.8. The van der Waals surface area contributed by atoms with Gasteiger partial charge in [0.2, 0.25) is 0 Å². The molecule has 0 aliphatic carbocycles. The fourth-order valence-electron chi connectivity index (χ4n) is 4.20. The van der Waals surface area contributed by atoms with E-state index in [0.29, 0.717) is 30.2 Å². The summed E-state index contributed by atoms with van der Waals surface area (Å²) in [6.07, 6.45) is 1.19. The molecule has 174 valence electrons. The van der Waals surface area contributed by atoms with Gasteiger partial charge in [-0.3, -0.25) is 4.79 Å². The van der Waals surface area contributed by atoms with Crippen molar-refractivity contribution in [1.82, 2.24) is 24.6 Å². The Kier molecular flexibility index (Phi) is 6.35. The zero-order valence-electron chi connectivity index (χ0n) is 18.4. The number of carbonyl (C=O) groups is 1. The molecule has 1 aliphatic heterocycles. The fraction of sp³-hybridized carbons (Fsp3) is 0.391. The van der Waals surface area contributed by atoms with Crippen LogP contribution in [0.3, 0.4) is 0 Å². The van der Waals surface area contributed by atoms with Crippen LogP contribution in [0.15, 0.2) is 49.2 Å². The number of alkyl halides is 3. The molecule has 0 unspecified atom stereocenters. The first-order valence-electron chi connectivity index (χ1n) is 10.8. The summed E-state index contributed by atoms with van der Waals surface area (Å²) in [6.45, 7) is 4.99. The topological polar surface area (TPSA) is 75.9 Å². The average Bonchev–Trinajstić information content (AvgIpc) is 3.32. The molecular formula is C23H25F3N6O. The third-order valence-corrected chi connectivity index (χ3v) is 6.01. The molecule has 1 fully saturated rings. The molecule has 2 atom stereocenters. The lowest BCUT2D eigenvalue weighted by atomic mass is 9.89. The van der Waals surface area contributed by atoms with Crippen LogP contribution in [-0.4, -0.2) is 49.7 Å². The lowest BCUT2D eigenvalue weighted by Crippen LogP contribution is -2.51. The van der Waals surface area contributed by atoms with Gasteiger partial charge in [-0.1, -0.05) is 18.6 Å². The van der Waals surface area contributed by atoms with Gasteiger partial charge < -0.3 is 10.2 Å². The molecular weight excluding hydrogens is 433 g/mol. The van der Waals surface area contributed by atoms with E-state index in [2.05, 4.69) is 27.3 Å². The molecule has 1 amide bonds. The van der Waals surface area contributed by atoms with Gasteiger partial charge >= 0.3 is 6.18 Å². The van der Waals surface area contributed by atoms with Crippen LogP contribution in [-0.2, 0) is 6.18 Å². The molecule has 3 heterocycles. The number of nitrogens with zero attached hydrogens (tertiary/aromatic N) is 5. The number of hydrogen-bond acceptors (Lipinski definition) is 5. The largest absolute Gasteiger partial charge is 0.417 e. The summed E-state index contributed by atoms with van der Waals surface area (Å²) in [4.78, 5) is 23.4. The van der Waals surface area contributed by atoms with Crippen molar-refractivity contribution in [2.45, 2.75) is 38.9 Å². The van der Waals surface area contributed by atoms with Crippen LogP contribution >= 0.6 is 0 Å². The maximum atomic E-state index is 13.7. The summed E-state index contributed by atoms with van der Waals surface area (Å²) in [5, 5.41) is 7.29. The molecule has 1 N–H and O–H groups in total. The van der Waals surface area contributed by atoms with E-state index in [-0.39, 0.29) is 17.9 Å². The van der Waals surface area contributed by atoms with Gasteiger partial charge in [-0.2, -0.15) is 18.3 Å². The van der Waals surface area contributed by atoms with Gasteiger partial charge in [-0.25, -0.2) is 14.6 Å². The van der Waals surface area contributed by atoms with Gasteiger partial charge in [-0.05, 0) is 49.9 Å². The lowest BCUT2D eigenvalue weighted by Gasteiger charge is -2.40. The molecule has 2 aromatic heterocycles. The van der Waals surface area contributed by atoms with Crippen molar-refractivity contribution in [3.63, 3.8) is 0 Å². The van der Waals surface area contributed by atoms with E-state index in [9.17, 15) is 18.0 Å². The maximum Gasteiger partial charge on any atom is 0.417 e. The van der Waals surface area contributed by atoms with E-state index in [1.165, 1.54) is 12.4 Å². The molecule has 4 rings (SSSR count). The van der Waals surface area contributed by atoms with Crippen LogP contribution in [0.2, 0.25) is 0 Å². The molecule has 1 saturated heterocycles. The molecule has 1 aliphatic rings. The van der Waals surface area contributed by atoms with Crippen LogP contribution < -0.4 is 5.32 Å². The zero-order valence-corrected chi connectivity index (χ0v) is 18.4. The van der Waals surface area contributed by atoms with Gasteiger partial charge in [0.1, 0.15) is 18.5 Å². The van der Waals surface area contributed by atoms with Crippen LogP contribution in [0.5, 0.6) is 0 Å². The number of aromatic nitrogens is 4. The van der Waals surface area contributed by atoms with Crippen LogP contribution in [0, 0.1) is 12.8 Å². The summed E-state index contributed by atoms with van der Waals surface area (Å²) >= 11 is 0. The molecule has 33 heavy (non-hydrogen) atoms. The fourth-order valence-corrected chi connectivity index (χ4v) is 4.20. The van der Waals surface area contributed by atoms with Gasteiger partial charge in [0.15, 0.2) is 0 Å². The number of halogens is 3. The van der Waals surface area contributed by atoms with E-state index in [4.69, 9.17) is 0 Å². The second kappa shape index (κ2) is 9.21. The molecule has 10 heteroatoms. The number of hydrogen-bond donors (Lipinski definition) is 1. The Morgan fingerprint density at radius 2 is 2.06 bits per heavy atom. The van der Waals surface area contributed by atoms with Crippen molar-refractivity contribution < 1.29 is 18.0 Å². The minimum atomic E-state index is -4.43. The number of anilines is 1. The molecule has 0 bridgehead atoms. The predicted molar refractivity (Wildman–Crippen MR) is 117 cm³/mol. The van der Waals surface area contributed by atoms with Crippen molar-refractivity contribution in [1.29, 1.82) is 0 Å². The normalized spacial score (nSPS) is 18.9. The number of piperidine rings is 1. The third-order valence-electron chi connectivity index (χ3n) is 6.01. The summed E-state index contributed by atoms with van der Waals surface area (Å²) < 4.78 is 40.0. The van der Waals surface area contributed by atoms with Gasteiger partial charge in [0.25, 0.3) is 5.91 Å². The summed E-state index contributed by atoms with van der Waals surface area (Å²) in [5.41, 5.74) is 1.34. The quantitative estimate of drug-likeness (QED) is 0.616. The number of benzene rings is 1. The number of pyridine rings is 1. The van der Waals surface area contributed by atoms with E-state index >= 15 is 0 Å². The van der Waals surface area contributed by atoms with Gasteiger partial charge in [0.05, 0.1) is 22.9 Å². The molecule has 0 spiro atoms. The second-order valence-electron chi connectivity index (χ2n) is 8.36. The molecule has 3 aromatic rings. The predicted octanol–water partition coefficient (Wildman–Crippen LogP) is 4.34. The smallest absolute Gasteiger partial charge is 0.368 e. The Labute approximate surface area is 189 Å². The average molecular weight is 458 g/mol. The number of carbonyl (C=O) groups excluding carboxylic acids is 1. The summed E-state index contributed by atoms with van der Waals surface area (Å²) in [6, 6.07) is 7.79. The SMILES string of the molecule is Cc1ccc(-n2cncn2)c(C(=O)N2CCC[C@H](C)[C@@H]2CNc2ccc(C(F)(F)F)cn2)c1. The van der Waals surface area contributed by atoms with Crippen molar-refractivity contribution in [2.75, 3.05) is 18.4 Å². The van der Waals surface area contributed by atoms with E-state index in [1.54, 1.807) is 11.0 Å². The zero-order chi connectivity index (χ0) is 23.6. The maximum absolute atomic E-state index is 13.7. The number of rotatable bonds is 5. The second-order valence-corrected chi connectivity index (χ2v) is 8.36. The first-order chi connectivity index (χ1) is 15.7. The van der Waals surface area contributed by atoms with Gasteiger partial charge in [-0.15, -0.1) is 0 Å². The highest BCUT2D eigenvalue weighted by molar-refractivity contribution is 5.98. The first kappa shape index (κ1) is 22.8. The van der Waals surface area contributed by atoms with Crippen LogP contribution in [0.25, 0.3) is 5.69 Å². The highest BCUT2D eigenvalue weighted by Crippen LogP contribution is 2.30. The lowest BCUT2D eigenvalue weighted by molar-refractivity contribution is -0.137. The van der Waals surface area contributed by atoms with E-state index < -0.39 is 11.7 Å². The molecule has 0 saturated carbocycles. The van der Waals surface area contributed by atoms with E-state index in [1.807, 2.05) is 30.0 Å². The minimum absolute atomic E-state index is 0.108. The van der Waals surface area contributed by atoms with Crippen LogP contribution in [0.4, 0.5) is 19.0 Å². The Bertz CT molecular complexity index is 1100. The Morgan fingerprint density at radius 1 is 1.24 bits per heavy atom. The molecule has 1 aromatic carbocycles. The number of likely N-dealkylation sites (tertiary alicyclic amines) is 1. The molecule has 0 radical (unpaired) electrons. The Morgan fingerprint density at radius 3 is 2.73 bits per heavy atom. The highest BCUT2D eigenvalue weighted by atomic mass is 19.4. The van der Waals surface area contributed by atoms with Crippen molar-refractivity contribution in [2.24, 2.45) is 5.92 Å². The summed E-state index contributed by atoms with van der Waals surface area (Å²) in [5.74, 6) is 0.444. The van der Waals surface area contributed by atoms with Crippen molar-refractivity contribution >= 4 is 11.7 Å². The number of nitrogens with one attached hydrogen (secondary N) is 1. The van der Waals surface area contributed by atoms with Gasteiger partial charge in [0, 0.05) is 19.3 Å². The van der Waals surface area contributed by atoms with Crippen molar-refractivity contribution in [3.8, 4) is 5.69 Å². The Balaban J connectivity index is 1.55. The van der Waals surface area contributed by atoms with E-state index in [0.717, 1.165) is 30.7 Å². The minimum Gasteiger partial charge on any atom is -0.368 e. The Hall–Kier alpha value is -3.43. The summed E-state index contributed by atoms with van der Waals surface area (Å²) in [7, 11) is 0.